The van der Waals surface area contributed by atoms with Crippen molar-refractivity contribution in [3.63, 3.8) is 0 Å². The monoisotopic (exact) mass is 388 g/mol. The zero-order valence-electron chi connectivity index (χ0n) is 14.0. The summed E-state index contributed by atoms with van der Waals surface area (Å²) in [7, 11) is 1.43. The summed E-state index contributed by atoms with van der Waals surface area (Å²) in [5, 5.41) is 5.32. The van der Waals surface area contributed by atoms with Crippen molar-refractivity contribution in [2.45, 2.75) is 0 Å². The lowest BCUT2D eigenvalue weighted by molar-refractivity contribution is 0.101. The smallest absolute Gasteiger partial charge is 0.273 e. The Morgan fingerprint density at radius 2 is 1.96 bits per heavy atom. The molecule has 0 fully saturated rings. The van der Waals surface area contributed by atoms with Crippen LogP contribution in [0.5, 0.6) is 5.75 Å². The third-order valence-electron chi connectivity index (χ3n) is 3.63. The van der Waals surface area contributed by atoms with Gasteiger partial charge < -0.3 is 20.4 Å². The third kappa shape index (κ3) is 4.24. The molecule has 3 aromatic rings. The third-order valence-corrected chi connectivity index (χ3v) is 3.94. The molecule has 3 N–H and O–H groups in total. The van der Waals surface area contributed by atoms with Crippen LogP contribution >= 0.6 is 11.6 Å². The number of amides is 2. The summed E-state index contributed by atoms with van der Waals surface area (Å²) in [4.78, 5) is 30.9. The van der Waals surface area contributed by atoms with Gasteiger partial charge in [-0.1, -0.05) is 11.6 Å². The van der Waals surface area contributed by atoms with Gasteiger partial charge in [-0.3, -0.25) is 9.59 Å². The van der Waals surface area contributed by atoms with Crippen LogP contribution in [0.4, 0.5) is 15.8 Å². The van der Waals surface area contributed by atoms with E-state index >= 15 is 0 Å². The minimum atomic E-state index is -0.536. The normalized spacial score (nSPS) is 10.3. The maximum atomic E-state index is 13.1. The Kier molecular flexibility index (Phi) is 5.37. The summed E-state index contributed by atoms with van der Waals surface area (Å²) in [5.74, 6) is -1.10. The number of carbonyl (C=O) groups excluding carboxylic acids is 2. The van der Waals surface area contributed by atoms with Crippen molar-refractivity contribution in [1.29, 1.82) is 0 Å². The number of benzene rings is 2. The van der Waals surface area contributed by atoms with Gasteiger partial charge in [0.1, 0.15) is 17.3 Å². The first-order chi connectivity index (χ1) is 13.0. The number of nitrogens with one attached hydrogen (secondary N) is 3. The molecule has 27 heavy (non-hydrogen) atoms. The van der Waals surface area contributed by atoms with Gasteiger partial charge in [-0.25, -0.2) is 9.37 Å². The Morgan fingerprint density at radius 3 is 2.63 bits per heavy atom. The molecule has 3 rings (SSSR count). The number of nitrogens with zero attached hydrogens (tertiary/aromatic N) is 1. The van der Waals surface area contributed by atoms with Crippen molar-refractivity contribution in [3.8, 4) is 5.75 Å². The molecule has 0 aliphatic heterocycles. The first kappa shape index (κ1) is 18.4. The molecule has 138 valence electrons. The number of imidazole rings is 1. The largest absolute Gasteiger partial charge is 0.494 e. The Hall–Kier alpha value is -3.39. The first-order valence-corrected chi connectivity index (χ1v) is 8.10. The lowest BCUT2D eigenvalue weighted by Gasteiger charge is -2.13. The van der Waals surface area contributed by atoms with E-state index < -0.39 is 11.7 Å². The van der Waals surface area contributed by atoms with Crippen molar-refractivity contribution in [2.24, 2.45) is 0 Å². The molecule has 0 saturated heterocycles. The summed E-state index contributed by atoms with van der Waals surface area (Å²) in [5.41, 5.74) is 1.25. The molecule has 0 unspecified atom stereocenters. The average Bonchev–Trinajstić information content (AvgIpc) is 3.17. The number of ether oxygens (including phenoxy) is 1. The maximum absolute atomic E-state index is 13.1. The van der Waals surface area contributed by atoms with Gasteiger partial charge in [0.2, 0.25) is 0 Å². The molecule has 0 spiro atoms. The Labute approximate surface area is 158 Å². The Bertz CT molecular complexity index is 992. The lowest BCUT2D eigenvalue weighted by atomic mass is 10.2. The molecule has 0 aliphatic rings. The van der Waals surface area contributed by atoms with E-state index in [1.54, 1.807) is 18.2 Å². The highest BCUT2D eigenvalue weighted by molar-refractivity contribution is 6.34. The zero-order valence-corrected chi connectivity index (χ0v) is 14.8. The van der Waals surface area contributed by atoms with E-state index in [2.05, 4.69) is 20.6 Å². The number of hydrogen-bond donors (Lipinski definition) is 3. The topological polar surface area (TPSA) is 96.1 Å². The summed E-state index contributed by atoms with van der Waals surface area (Å²) in [6.07, 6.45) is 2.79. The van der Waals surface area contributed by atoms with Gasteiger partial charge in [0.15, 0.2) is 0 Å². The van der Waals surface area contributed by atoms with Crippen LogP contribution in [-0.4, -0.2) is 28.9 Å². The van der Waals surface area contributed by atoms with Crippen molar-refractivity contribution in [2.75, 3.05) is 17.7 Å². The molecular weight excluding hydrogens is 375 g/mol. The van der Waals surface area contributed by atoms with E-state index in [0.29, 0.717) is 22.8 Å². The number of carbonyl (C=O) groups is 2. The predicted octanol–water partition coefficient (Wildman–Crippen LogP) is 3.72. The van der Waals surface area contributed by atoms with Crippen LogP contribution in [0.2, 0.25) is 5.02 Å². The van der Waals surface area contributed by atoms with E-state index in [1.807, 2.05) is 0 Å². The van der Waals surface area contributed by atoms with Gasteiger partial charge in [0, 0.05) is 11.8 Å². The molecular formula is C18H14ClFN4O3. The molecule has 1 aromatic heterocycles. The lowest BCUT2D eigenvalue weighted by Crippen LogP contribution is -2.14. The molecule has 0 atom stereocenters. The highest BCUT2D eigenvalue weighted by Crippen LogP contribution is 2.29. The highest BCUT2D eigenvalue weighted by Gasteiger charge is 2.15. The summed E-state index contributed by atoms with van der Waals surface area (Å²) < 4.78 is 18.4. The number of hydrogen-bond acceptors (Lipinski definition) is 4. The van der Waals surface area contributed by atoms with Crippen LogP contribution in [0.15, 0.2) is 48.9 Å². The second-order valence-corrected chi connectivity index (χ2v) is 5.82. The molecule has 2 amide bonds. The molecule has 0 radical (unpaired) electrons. The van der Waals surface area contributed by atoms with Gasteiger partial charge in [0.25, 0.3) is 11.8 Å². The van der Waals surface area contributed by atoms with Gasteiger partial charge in [0.05, 0.1) is 35.9 Å². The molecule has 2 aromatic carbocycles. The second-order valence-electron chi connectivity index (χ2n) is 5.41. The average molecular weight is 389 g/mol. The Balaban J connectivity index is 1.78. The number of aromatic amines is 1. The number of aromatic nitrogens is 2. The zero-order chi connectivity index (χ0) is 19.4. The van der Waals surface area contributed by atoms with Crippen LogP contribution < -0.4 is 15.4 Å². The summed E-state index contributed by atoms with van der Waals surface area (Å²) in [6, 6.07) is 8.21. The molecule has 0 saturated carbocycles. The van der Waals surface area contributed by atoms with Gasteiger partial charge in [-0.2, -0.15) is 0 Å². The van der Waals surface area contributed by atoms with Crippen LogP contribution in [0, 0.1) is 5.82 Å². The fourth-order valence-electron chi connectivity index (χ4n) is 2.31. The summed E-state index contributed by atoms with van der Waals surface area (Å²) in [6.45, 7) is 0. The van der Waals surface area contributed by atoms with Gasteiger partial charge >= 0.3 is 0 Å². The van der Waals surface area contributed by atoms with Crippen molar-refractivity contribution in [3.05, 3.63) is 71.0 Å². The van der Waals surface area contributed by atoms with Crippen molar-refractivity contribution >= 4 is 34.8 Å². The molecule has 1 heterocycles. The van der Waals surface area contributed by atoms with Crippen LogP contribution in [0.1, 0.15) is 20.8 Å². The standard InChI is InChI=1S/C18H14ClFN4O3/c1-27-16-7-11(23-18(26)15-8-21-9-22-15)3-5-14(16)24-17(25)12-4-2-10(20)6-13(12)19/h2-9H,1H3,(H,21,22)(H,23,26)(H,24,25). The van der Waals surface area contributed by atoms with Crippen molar-refractivity contribution < 1.29 is 18.7 Å². The van der Waals surface area contributed by atoms with Crippen LogP contribution in [-0.2, 0) is 0 Å². The minimum Gasteiger partial charge on any atom is -0.494 e. The fourth-order valence-corrected chi connectivity index (χ4v) is 2.57. The first-order valence-electron chi connectivity index (χ1n) is 7.72. The van der Waals surface area contributed by atoms with E-state index in [1.165, 1.54) is 25.7 Å². The van der Waals surface area contributed by atoms with Crippen LogP contribution in [0.3, 0.4) is 0 Å². The highest BCUT2D eigenvalue weighted by atomic mass is 35.5. The number of halogens is 2. The number of methoxy groups -OCH3 is 1. The fraction of sp³-hybridized carbons (Fsp3) is 0.0556. The van der Waals surface area contributed by atoms with Gasteiger partial charge in [-0.05, 0) is 30.3 Å². The molecule has 7 nitrogen and oxygen atoms in total. The number of H-pyrrole nitrogens is 1. The van der Waals surface area contributed by atoms with E-state index in [-0.39, 0.29) is 16.5 Å². The maximum Gasteiger partial charge on any atom is 0.273 e. The minimum absolute atomic E-state index is 0.00472. The van der Waals surface area contributed by atoms with Crippen molar-refractivity contribution in [1.82, 2.24) is 9.97 Å². The Morgan fingerprint density at radius 1 is 1.15 bits per heavy atom. The van der Waals surface area contributed by atoms with Gasteiger partial charge in [-0.15, -0.1) is 0 Å². The van der Waals surface area contributed by atoms with E-state index in [0.717, 1.165) is 12.1 Å². The quantitative estimate of drug-likeness (QED) is 0.620. The van der Waals surface area contributed by atoms with E-state index in [9.17, 15) is 14.0 Å². The second kappa shape index (κ2) is 7.88. The van der Waals surface area contributed by atoms with Crippen LogP contribution in [0.25, 0.3) is 0 Å². The predicted molar refractivity (Wildman–Crippen MR) is 98.9 cm³/mol. The molecule has 9 heteroatoms. The summed E-state index contributed by atoms with van der Waals surface area (Å²) >= 11 is 5.91. The number of rotatable bonds is 5. The SMILES string of the molecule is COc1cc(NC(=O)c2cnc[nH]2)ccc1NC(=O)c1ccc(F)cc1Cl. The van der Waals surface area contributed by atoms with E-state index in [4.69, 9.17) is 16.3 Å². The number of anilines is 2. The molecule has 0 bridgehead atoms. The molecule has 0 aliphatic carbocycles.